The van der Waals surface area contributed by atoms with E-state index in [9.17, 15) is 14.4 Å². The van der Waals surface area contributed by atoms with Crippen molar-refractivity contribution in [3.63, 3.8) is 0 Å². The first kappa shape index (κ1) is 72.3. The monoisotopic (exact) mass is 1060 g/mol. The first-order chi connectivity index (χ1) is 38.0. The molecular formula is C71H114O6. The van der Waals surface area contributed by atoms with E-state index in [1.54, 1.807) is 0 Å². The van der Waals surface area contributed by atoms with Gasteiger partial charge in [-0.3, -0.25) is 14.4 Å². The number of carbonyl (C=O) groups excluding carboxylic acids is 3. The lowest BCUT2D eigenvalue weighted by atomic mass is 10.1. The summed E-state index contributed by atoms with van der Waals surface area (Å²) in [5.41, 5.74) is 0. The largest absolute Gasteiger partial charge is 0.462 e. The number of esters is 3. The Balaban J connectivity index is 4.33. The number of hydrogen-bond donors (Lipinski definition) is 0. The zero-order valence-electron chi connectivity index (χ0n) is 49.7. The van der Waals surface area contributed by atoms with Crippen LogP contribution in [0, 0.1) is 0 Å². The summed E-state index contributed by atoms with van der Waals surface area (Å²) in [5, 5.41) is 0. The van der Waals surface area contributed by atoms with Crippen LogP contribution in [0.4, 0.5) is 0 Å². The van der Waals surface area contributed by atoms with Gasteiger partial charge in [0, 0.05) is 19.3 Å². The Morgan fingerprint density at radius 1 is 0.273 bits per heavy atom. The fraction of sp³-hybridized carbons (Fsp3) is 0.620. The molecule has 0 aromatic heterocycles. The zero-order valence-corrected chi connectivity index (χ0v) is 49.7. The maximum atomic E-state index is 12.9. The molecule has 0 aliphatic carbocycles. The van der Waals surface area contributed by atoms with E-state index in [-0.39, 0.29) is 31.1 Å². The van der Waals surface area contributed by atoms with E-state index >= 15 is 0 Å². The van der Waals surface area contributed by atoms with E-state index in [1.807, 2.05) is 0 Å². The Bertz CT molecular complexity index is 1700. The Hall–Kier alpha value is -4.71. The predicted molar refractivity (Wildman–Crippen MR) is 334 cm³/mol. The molecule has 0 aromatic carbocycles. The minimum Gasteiger partial charge on any atom is -0.462 e. The quantitative estimate of drug-likeness (QED) is 0.0261. The highest BCUT2D eigenvalue weighted by Gasteiger charge is 2.19. The van der Waals surface area contributed by atoms with Crippen LogP contribution in [0.1, 0.15) is 265 Å². The van der Waals surface area contributed by atoms with Gasteiger partial charge in [-0.25, -0.2) is 0 Å². The smallest absolute Gasteiger partial charge is 0.306 e. The minimum atomic E-state index is -0.800. The van der Waals surface area contributed by atoms with Gasteiger partial charge in [0.15, 0.2) is 6.10 Å². The third kappa shape index (κ3) is 62.0. The molecule has 0 radical (unpaired) electrons. The number of ether oxygens (including phenoxy) is 3. The summed E-state index contributed by atoms with van der Waals surface area (Å²) < 4.78 is 16.8. The summed E-state index contributed by atoms with van der Waals surface area (Å²) in [6.45, 7) is 6.36. The van der Waals surface area contributed by atoms with Crippen LogP contribution in [-0.2, 0) is 28.6 Å². The van der Waals surface area contributed by atoms with Gasteiger partial charge in [0.25, 0.3) is 0 Å². The van der Waals surface area contributed by atoms with Crippen molar-refractivity contribution in [1.82, 2.24) is 0 Å². The molecule has 0 rings (SSSR count). The zero-order chi connectivity index (χ0) is 55.7. The molecule has 6 nitrogen and oxygen atoms in total. The Morgan fingerprint density at radius 2 is 0.506 bits per heavy atom. The number of unbranched alkanes of at least 4 members (excludes halogenated alkanes) is 20. The van der Waals surface area contributed by atoms with Gasteiger partial charge < -0.3 is 14.2 Å². The van der Waals surface area contributed by atoms with E-state index < -0.39 is 6.10 Å². The molecule has 6 heteroatoms. The van der Waals surface area contributed by atoms with Gasteiger partial charge in [-0.1, -0.05) is 269 Å². The third-order valence-corrected chi connectivity index (χ3v) is 12.8. The topological polar surface area (TPSA) is 78.9 Å². The van der Waals surface area contributed by atoms with Crippen molar-refractivity contribution < 1.29 is 28.6 Å². The molecule has 0 N–H and O–H groups in total. The molecule has 1 unspecified atom stereocenters. The van der Waals surface area contributed by atoms with Crippen LogP contribution >= 0.6 is 0 Å². The van der Waals surface area contributed by atoms with E-state index in [0.717, 1.165) is 154 Å². The number of carbonyl (C=O) groups is 3. The summed E-state index contributed by atoms with van der Waals surface area (Å²) in [6.07, 6.45) is 91.4. The molecule has 0 heterocycles. The first-order valence-electron chi connectivity index (χ1n) is 31.3. The fourth-order valence-electron chi connectivity index (χ4n) is 8.21. The second-order valence-corrected chi connectivity index (χ2v) is 20.2. The minimum absolute atomic E-state index is 0.0946. The van der Waals surface area contributed by atoms with Gasteiger partial charge in [0.2, 0.25) is 0 Å². The van der Waals surface area contributed by atoms with Crippen LogP contribution in [0.15, 0.2) is 146 Å². The molecular weight excluding hydrogens is 949 g/mol. The second-order valence-electron chi connectivity index (χ2n) is 20.2. The van der Waals surface area contributed by atoms with Gasteiger partial charge in [-0.15, -0.1) is 0 Å². The number of allylic oxidation sites excluding steroid dienone is 24. The Morgan fingerprint density at radius 3 is 0.792 bits per heavy atom. The highest BCUT2D eigenvalue weighted by atomic mass is 16.6. The lowest BCUT2D eigenvalue weighted by Crippen LogP contribution is -2.30. The van der Waals surface area contributed by atoms with Gasteiger partial charge in [-0.05, 0) is 122 Å². The van der Waals surface area contributed by atoms with Crippen molar-refractivity contribution in [2.24, 2.45) is 0 Å². The lowest BCUT2D eigenvalue weighted by molar-refractivity contribution is -0.167. The second kappa shape index (κ2) is 63.8. The summed E-state index contributed by atoms with van der Waals surface area (Å²) in [7, 11) is 0. The van der Waals surface area contributed by atoms with Gasteiger partial charge in [-0.2, -0.15) is 0 Å². The lowest BCUT2D eigenvalue weighted by Gasteiger charge is -2.18. The normalized spacial score (nSPS) is 13.1. The number of hydrogen-bond acceptors (Lipinski definition) is 6. The van der Waals surface area contributed by atoms with Crippen LogP contribution in [0.2, 0.25) is 0 Å². The van der Waals surface area contributed by atoms with Crippen LogP contribution in [0.3, 0.4) is 0 Å². The summed E-state index contributed by atoms with van der Waals surface area (Å²) in [6, 6.07) is 0. The molecule has 0 bridgehead atoms. The van der Waals surface area contributed by atoms with Gasteiger partial charge in [0.1, 0.15) is 13.2 Å². The Labute approximate surface area is 474 Å². The predicted octanol–water partition coefficient (Wildman–Crippen LogP) is 21.5. The summed E-state index contributed by atoms with van der Waals surface area (Å²) >= 11 is 0. The van der Waals surface area contributed by atoms with Crippen molar-refractivity contribution in [3.05, 3.63) is 146 Å². The molecule has 0 aliphatic heterocycles. The Kier molecular flexibility index (Phi) is 59.9. The first-order valence-corrected chi connectivity index (χ1v) is 31.3. The molecule has 0 saturated carbocycles. The molecule has 0 aliphatic rings. The van der Waals surface area contributed by atoms with Crippen LogP contribution < -0.4 is 0 Å². The van der Waals surface area contributed by atoms with Crippen molar-refractivity contribution in [1.29, 1.82) is 0 Å². The third-order valence-electron chi connectivity index (χ3n) is 12.8. The van der Waals surface area contributed by atoms with Crippen molar-refractivity contribution >= 4 is 17.9 Å². The fourth-order valence-corrected chi connectivity index (χ4v) is 8.21. The van der Waals surface area contributed by atoms with Crippen LogP contribution in [0.25, 0.3) is 0 Å². The molecule has 1 atom stereocenters. The molecule has 0 saturated heterocycles. The highest BCUT2D eigenvalue weighted by Crippen LogP contribution is 2.14. The average molecular weight is 1060 g/mol. The average Bonchev–Trinajstić information content (AvgIpc) is 3.43. The number of rotatable bonds is 55. The maximum absolute atomic E-state index is 12.9. The van der Waals surface area contributed by atoms with E-state index in [1.165, 1.54) is 70.6 Å². The van der Waals surface area contributed by atoms with Crippen LogP contribution in [-0.4, -0.2) is 37.2 Å². The molecule has 0 aromatic rings. The summed E-state index contributed by atoms with van der Waals surface area (Å²) in [5.74, 6) is -0.933. The SMILES string of the molecule is CC/C=C\C/C=C\C/C=C\C/C=C\C/C=C\C/C=C\CCCCCCCCCCC(=O)OCC(COC(=O)CCCCCCCCCCC)OC(=O)CCCCCC/C=C\C/C=C\C/C=C\C/C=C\C/C=C\C/C=C\CC. The molecule has 77 heavy (non-hydrogen) atoms. The standard InChI is InChI=1S/C71H114O6/c1-4-7-10-13-16-19-21-23-25-27-29-31-33-34-35-36-38-39-41-43-45-47-49-52-55-58-61-64-70(73)76-67-68(66-75-69(72)63-60-57-54-51-18-15-12-9-6-3)77-71(74)65-62-59-56-53-50-48-46-44-42-40-37-32-30-28-26-24-22-20-17-14-11-8-5-2/h7-8,10-11,16-17,19-20,23-26,29-32,34-35,38-40,42,46,48,68H,4-6,9,12-15,18,21-22,27-28,33,36-37,41,43-45,47,49-67H2,1-3H3/b10-7-,11-8-,19-16-,20-17-,25-23-,26-24-,31-29-,32-30-,35-34-,39-38-,42-40-,48-46-. The van der Waals surface area contributed by atoms with Gasteiger partial charge >= 0.3 is 17.9 Å². The van der Waals surface area contributed by atoms with Gasteiger partial charge in [0.05, 0.1) is 0 Å². The van der Waals surface area contributed by atoms with Crippen molar-refractivity contribution in [2.45, 2.75) is 271 Å². The van der Waals surface area contributed by atoms with Crippen LogP contribution in [0.5, 0.6) is 0 Å². The molecule has 0 fully saturated rings. The molecule has 0 amide bonds. The van der Waals surface area contributed by atoms with E-state index in [4.69, 9.17) is 14.2 Å². The van der Waals surface area contributed by atoms with Crippen molar-refractivity contribution in [2.75, 3.05) is 13.2 Å². The van der Waals surface area contributed by atoms with E-state index in [2.05, 4.69) is 167 Å². The van der Waals surface area contributed by atoms with E-state index in [0.29, 0.717) is 19.3 Å². The highest BCUT2D eigenvalue weighted by molar-refractivity contribution is 5.71. The molecule has 434 valence electrons. The molecule has 0 spiro atoms. The van der Waals surface area contributed by atoms with Crippen molar-refractivity contribution in [3.8, 4) is 0 Å². The maximum Gasteiger partial charge on any atom is 0.306 e. The summed E-state index contributed by atoms with van der Waals surface area (Å²) in [4.78, 5) is 38.2.